The Morgan fingerprint density at radius 1 is 1.75 bits per heavy atom. The van der Waals surface area contributed by atoms with Crippen LogP contribution in [0.25, 0.3) is 0 Å². The summed E-state index contributed by atoms with van der Waals surface area (Å²) < 4.78 is 0. The van der Waals surface area contributed by atoms with Gasteiger partial charge in [-0.1, -0.05) is 6.08 Å². The van der Waals surface area contributed by atoms with Crippen LogP contribution in [0.1, 0.15) is 13.8 Å². The Bertz CT molecular complexity index is 149. The topological polar surface area (TPSA) is 29.1 Å². The molecule has 0 fully saturated rings. The van der Waals surface area contributed by atoms with Gasteiger partial charge in [0.05, 0.1) is 0 Å². The number of hydrogen-bond acceptors (Lipinski definition) is 1. The SMILES string of the molecule is CC1=C[C@H](C)NC1=O. The number of rotatable bonds is 0. The summed E-state index contributed by atoms with van der Waals surface area (Å²) in [5.41, 5.74) is 0.831. The number of carbonyl (C=O) groups excluding carboxylic acids is 1. The van der Waals surface area contributed by atoms with Gasteiger partial charge in [0.15, 0.2) is 0 Å². The Morgan fingerprint density at radius 3 is 2.50 bits per heavy atom. The molecule has 1 heterocycles. The van der Waals surface area contributed by atoms with E-state index in [0.29, 0.717) is 0 Å². The minimum absolute atomic E-state index is 0.0671. The molecule has 0 aliphatic carbocycles. The zero-order valence-corrected chi connectivity index (χ0v) is 5.06. The monoisotopic (exact) mass is 111 g/mol. The van der Waals surface area contributed by atoms with Gasteiger partial charge in [0.2, 0.25) is 5.91 Å². The number of amides is 1. The minimum Gasteiger partial charge on any atom is -0.346 e. The van der Waals surface area contributed by atoms with E-state index in [1.165, 1.54) is 0 Å². The molecule has 0 saturated carbocycles. The van der Waals surface area contributed by atoms with Gasteiger partial charge in [-0.2, -0.15) is 0 Å². The number of hydrogen-bond donors (Lipinski definition) is 1. The Morgan fingerprint density at radius 2 is 2.38 bits per heavy atom. The summed E-state index contributed by atoms with van der Waals surface area (Å²) in [5.74, 6) is 0.0671. The average Bonchev–Trinajstić information content (AvgIpc) is 1.85. The van der Waals surface area contributed by atoms with Crippen LogP contribution in [0.4, 0.5) is 0 Å². The third kappa shape index (κ3) is 0.735. The highest BCUT2D eigenvalue weighted by Gasteiger charge is 2.14. The van der Waals surface area contributed by atoms with Crippen LogP contribution in [0.15, 0.2) is 11.6 Å². The molecule has 0 aromatic carbocycles. The van der Waals surface area contributed by atoms with Crippen molar-refractivity contribution in [2.24, 2.45) is 0 Å². The summed E-state index contributed by atoms with van der Waals surface area (Å²) in [4.78, 5) is 10.6. The first-order chi connectivity index (χ1) is 3.70. The molecule has 1 N–H and O–H groups in total. The van der Waals surface area contributed by atoms with E-state index in [1.807, 2.05) is 19.9 Å². The third-order valence-electron chi connectivity index (χ3n) is 1.22. The molecule has 0 bridgehead atoms. The van der Waals surface area contributed by atoms with Crippen LogP contribution in [0.3, 0.4) is 0 Å². The smallest absolute Gasteiger partial charge is 0.247 e. The van der Waals surface area contributed by atoms with E-state index >= 15 is 0 Å². The molecule has 1 amide bonds. The maximum Gasteiger partial charge on any atom is 0.247 e. The molecule has 1 rings (SSSR count). The highest BCUT2D eigenvalue weighted by Crippen LogP contribution is 2.03. The van der Waals surface area contributed by atoms with Crippen molar-refractivity contribution in [3.63, 3.8) is 0 Å². The lowest BCUT2D eigenvalue weighted by molar-refractivity contribution is -0.116. The second-order valence-corrected chi connectivity index (χ2v) is 2.11. The molecule has 44 valence electrons. The van der Waals surface area contributed by atoms with Gasteiger partial charge in [-0.05, 0) is 13.8 Å². The molecule has 2 heteroatoms. The molecule has 0 aromatic rings. The molecule has 0 saturated heterocycles. The largest absolute Gasteiger partial charge is 0.346 e. The second kappa shape index (κ2) is 1.62. The Hall–Kier alpha value is -0.790. The highest BCUT2D eigenvalue weighted by molar-refractivity contribution is 5.95. The van der Waals surface area contributed by atoms with Crippen LogP contribution in [0.2, 0.25) is 0 Å². The van der Waals surface area contributed by atoms with E-state index in [1.54, 1.807) is 0 Å². The van der Waals surface area contributed by atoms with Crippen molar-refractivity contribution in [1.82, 2.24) is 5.32 Å². The van der Waals surface area contributed by atoms with E-state index in [0.717, 1.165) is 5.57 Å². The second-order valence-electron chi connectivity index (χ2n) is 2.11. The Kier molecular flexibility index (Phi) is 1.08. The normalized spacial score (nSPS) is 27.5. The first kappa shape index (κ1) is 5.35. The first-order valence-electron chi connectivity index (χ1n) is 2.69. The van der Waals surface area contributed by atoms with Crippen LogP contribution < -0.4 is 5.32 Å². The lowest BCUT2D eigenvalue weighted by Crippen LogP contribution is -2.23. The Balaban J connectivity index is 2.73. The first-order valence-corrected chi connectivity index (χ1v) is 2.69. The zero-order chi connectivity index (χ0) is 6.15. The van der Waals surface area contributed by atoms with E-state index < -0.39 is 0 Å². The quantitative estimate of drug-likeness (QED) is 0.483. The zero-order valence-electron chi connectivity index (χ0n) is 5.06. The third-order valence-corrected chi connectivity index (χ3v) is 1.22. The van der Waals surface area contributed by atoms with Gasteiger partial charge >= 0.3 is 0 Å². The molecular formula is C6H9NO. The van der Waals surface area contributed by atoms with Crippen LogP contribution >= 0.6 is 0 Å². The molecule has 1 atom stereocenters. The predicted molar refractivity (Wildman–Crippen MR) is 31.4 cm³/mol. The van der Waals surface area contributed by atoms with Crippen molar-refractivity contribution in [3.8, 4) is 0 Å². The Labute approximate surface area is 48.6 Å². The van der Waals surface area contributed by atoms with Crippen molar-refractivity contribution in [3.05, 3.63) is 11.6 Å². The summed E-state index contributed by atoms with van der Waals surface area (Å²) in [5, 5.41) is 2.73. The van der Waals surface area contributed by atoms with Crippen LogP contribution in [-0.4, -0.2) is 11.9 Å². The van der Waals surface area contributed by atoms with E-state index in [-0.39, 0.29) is 11.9 Å². The highest BCUT2D eigenvalue weighted by atomic mass is 16.1. The lowest BCUT2D eigenvalue weighted by atomic mass is 10.3. The summed E-state index contributed by atoms with van der Waals surface area (Å²) in [6.07, 6.45) is 1.92. The van der Waals surface area contributed by atoms with Crippen LogP contribution in [-0.2, 0) is 4.79 Å². The standard InChI is InChI=1S/C6H9NO/c1-4-3-5(2)7-6(4)8/h3,5H,1-2H3,(H,7,8)/t5-/m0/s1. The molecule has 2 nitrogen and oxygen atoms in total. The van der Waals surface area contributed by atoms with Crippen LogP contribution in [0.5, 0.6) is 0 Å². The molecule has 1 aliphatic rings. The van der Waals surface area contributed by atoms with Crippen molar-refractivity contribution < 1.29 is 4.79 Å². The predicted octanol–water partition coefficient (Wildman–Crippen LogP) is 0.451. The molecule has 0 unspecified atom stereocenters. The van der Waals surface area contributed by atoms with Gasteiger partial charge in [-0.15, -0.1) is 0 Å². The average molecular weight is 111 g/mol. The van der Waals surface area contributed by atoms with E-state index in [4.69, 9.17) is 0 Å². The molecule has 0 spiro atoms. The van der Waals surface area contributed by atoms with E-state index in [2.05, 4.69) is 5.32 Å². The number of carbonyl (C=O) groups is 1. The molecular weight excluding hydrogens is 102 g/mol. The summed E-state index contributed by atoms with van der Waals surface area (Å²) in [7, 11) is 0. The maximum absolute atomic E-state index is 10.6. The molecule has 0 aromatic heterocycles. The minimum atomic E-state index is 0.0671. The van der Waals surface area contributed by atoms with Gasteiger partial charge in [0.1, 0.15) is 0 Å². The van der Waals surface area contributed by atoms with Crippen molar-refractivity contribution in [2.75, 3.05) is 0 Å². The number of nitrogens with one attached hydrogen (secondary N) is 1. The fourth-order valence-electron chi connectivity index (χ4n) is 0.813. The van der Waals surface area contributed by atoms with Gasteiger partial charge in [0, 0.05) is 11.6 Å². The van der Waals surface area contributed by atoms with Crippen LogP contribution in [0, 0.1) is 0 Å². The molecule has 8 heavy (non-hydrogen) atoms. The fraction of sp³-hybridized carbons (Fsp3) is 0.500. The summed E-state index contributed by atoms with van der Waals surface area (Å²) >= 11 is 0. The van der Waals surface area contributed by atoms with Crippen molar-refractivity contribution in [1.29, 1.82) is 0 Å². The fourth-order valence-corrected chi connectivity index (χ4v) is 0.813. The van der Waals surface area contributed by atoms with Gasteiger partial charge in [0.25, 0.3) is 0 Å². The maximum atomic E-state index is 10.6. The van der Waals surface area contributed by atoms with Crippen molar-refractivity contribution >= 4 is 5.91 Å². The van der Waals surface area contributed by atoms with Gasteiger partial charge in [-0.25, -0.2) is 0 Å². The van der Waals surface area contributed by atoms with Crippen molar-refractivity contribution in [2.45, 2.75) is 19.9 Å². The van der Waals surface area contributed by atoms with E-state index in [9.17, 15) is 4.79 Å². The van der Waals surface area contributed by atoms with Gasteiger partial charge < -0.3 is 5.32 Å². The summed E-state index contributed by atoms with van der Waals surface area (Å²) in [6.45, 7) is 3.77. The van der Waals surface area contributed by atoms with Gasteiger partial charge in [-0.3, -0.25) is 4.79 Å². The molecule has 0 radical (unpaired) electrons. The molecule has 1 aliphatic heterocycles. The summed E-state index contributed by atoms with van der Waals surface area (Å²) in [6, 6.07) is 0.238. The lowest BCUT2D eigenvalue weighted by Gasteiger charge is -1.95.